The minimum absolute atomic E-state index is 0. The Hall–Kier alpha value is -1.26. The summed E-state index contributed by atoms with van der Waals surface area (Å²) in [4.78, 5) is 30.9. The quantitative estimate of drug-likeness (QED) is 0.358. The molecular formula is C16H32IN5O3. The molecule has 0 atom stereocenters. The van der Waals surface area contributed by atoms with Gasteiger partial charge in [0.15, 0.2) is 5.96 Å². The van der Waals surface area contributed by atoms with Crippen LogP contribution in [0.15, 0.2) is 4.99 Å². The smallest absolute Gasteiger partial charge is 0.409 e. The summed E-state index contributed by atoms with van der Waals surface area (Å²) in [6.07, 6.45) is 1.36. The number of ether oxygens (including phenoxy) is 1. The first-order valence-electron chi connectivity index (χ1n) is 8.41. The van der Waals surface area contributed by atoms with Crippen molar-refractivity contribution in [1.29, 1.82) is 0 Å². The molecular weight excluding hydrogens is 437 g/mol. The zero-order chi connectivity index (χ0) is 18.1. The molecule has 0 aliphatic carbocycles. The largest absolute Gasteiger partial charge is 0.453 e. The molecule has 1 fully saturated rings. The average molecular weight is 469 g/mol. The van der Waals surface area contributed by atoms with Crippen LogP contribution in [-0.4, -0.2) is 81.2 Å². The summed E-state index contributed by atoms with van der Waals surface area (Å²) < 4.78 is 4.75. The number of rotatable bonds is 5. The number of carbonyl (C=O) groups excluding carboxylic acids is 2. The number of amides is 2. The van der Waals surface area contributed by atoms with Gasteiger partial charge in [0, 0.05) is 39.8 Å². The molecule has 0 bridgehead atoms. The van der Waals surface area contributed by atoms with Crippen molar-refractivity contribution in [3.63, 3.8) is 0 Å². The lowest BCUT2D eigenvalue weighted by molar-refractivity contribution is -0.127. The molecule has 25 heavy (non-hydrogen) atoms. The Labute approximate surface area is 167 Å². The summed E-state index contributed by atoms with van der Waals surface area (Å²) in [5.74, 6) is 1.08. The topological polar surface area (TPSA) is 86.3 Å². The molecule has 1 heterocycles. The monoisotopic (exact) mass is 469 g/mol. The summed E-state index contributed by atoms with van der Waals surface area (Å²) in [6.45, 7) is 6.43. The summed E-state index contributed by atoms with van der Waals surface area (Å²) >= 11 is 0. The molecule has 2 amide bonds. The van der Waals surface area contributed by atoms with E-state index in [2.05, 4.69) is 29.5 Å². The molecule has 1 aliphatic heterocycles. The number of piperidine rings is 1. The van der Waals surface area contributed by atoms with Crippen molar-refractivity contribution in [3.05, 3.63) is 0 Å². The molecule has 1 rings (SSSR count). The molecule has 146 valence electrons. The number of hydrogen-bond acceptors (Lipinski definition) is 4. The number of nitrogens with one attached hydrogen (secondary N) is 2. The molecule has 1 aliphatic rings. The molecule has 8 nitrogen and oxygen atoms in total. The molecule has 2 N–H and O–H groups in total. The van der Waals surface area contributed by atoms with Crippen LogP contribution in [0.5, 0.6) is 0 Å². The lowest BCUT2D eigenvalue weighted by Gasteiger charge is -2.32. The van der Waals surface area contributed by atoms with E-state index in [1.807, 2.05) is 0 Å². The molecule has 0 aromatic rings. The van der Waals surface area contributed by atoms with Gasteiger partial charge >= 0.3 is 6.09 Å². The van der Waals surface area contributed by atoms with E-state index in [1.54, 1.807) is 19.0 Å². The lowest BCUT2D eigenvalue weighted by Crippen LogP contribution is -2.50. The Bertz CT molecular complexity index is 449. The highest BCUT2D eigenvalue weighted by molar-refractivity contribution is 14.0. The average Bonchev–Trinajstić information content (AvgIpc) is 2.56. The van der Waals surface area contributed by atoms with Crippen LogP contribution in [0.1, 0.15) is 26.7 Å². The van der Waals surface area contributed by atoms with E-state index in [0.29, 0.717) is 25.0 Å². The number of halogens is 1. The van der Waals surface area contributed by atoms with Crippen LogP contribution in [0.2, 0.25) is 0 Å². The highest BCUT2D eigenvalue weighted by Gasteiger charge is 2.23. The second-order valence-electron chi connectivity index (χ2n) is 6.60. The van der Waals surface area contributed by atoms with Crippen molar-refractivity contribution in [1.82, 2.24) is 20.4 Å². The molecule has 0 saturated carbocycles. The number of nitrogens with zero attached hydrogens (tertiary/aromatic N) is 3. The first-order valence-corrected chi connectivity index (χ1v) is 8.41. The standard InChI is InChI=1S/C16H31N5O3.HI/c1-12(2)10-17-15(18-11-14(22)20(3)4)19-13-6-8-21(9-7-13)16(23)24-5;/h12-13H,6-11H2,1-5H3,(H2,17,18,19);1H. The zero-order valence-corrected chi connectivity index (χ0v) is 18.2. The van der Waals surface area contributed by atoms with Gasteiger partial charge in [-0.05, 0) is 18.8 Å². The highest BCUT2D eigenvalue weighted by atomic mass is 127. The first kappa shape index (κ1) is 23.7. The normalized spacial score (nSPS) is 15.4. The Morgan fingerprint density at radius 1 is 1.28 bits per heavy atom. The predicted octanol–water partition coefficient (Wildman–Crippen LogP) is 1.11. The molecule has 0 aromatic heterocycles. The molecule has 0 aromatic carbocycles. The van der Waals surface area contributed by atoms with Gasteiger partial charge in [0.2, 0.25) is 5.91 Å². The third kappa shape index (κ3) is 9.13. The number of aliphatic imine (C=N–C) groups is 1. The fraction of sp³-hybridized carbons (Fsp3) is 0.812. The van der Waals surface area contributed by atoms with Gasteiger partial charge in [-0.25, -0.2) is 9.79 Å². The molecule has 9 heteroatoms. The Kier molecular flexibility index (Phi) is 11.5. The third-order valence-electron chi connectivity index (χ3n) is 3.82. The van der Waals surface area contributed by atoms with Crippen molar-refractivity contribution >= 4 is 41.9 Å². The summed E-state index contributed by atoms with van der Waals surface area (Å²) in [5.41, 5.74) is 0. The number of likely N-dealkylation sites (N-methyl/N-ethyl adjacent to an activating group) is 1. The van der Waals surface area contributed by atoms with Crippen molar-refractivity contribution in [2.75, 3.05) is 47.4 Å². The van der Waals surface area contributed by atoms with E-state index in [0.717, 1.165) is 19.4 Å². The van der Waals surface area contributed by atoms with Gasteiger partial charge in [0.25, 0.3) is 0 Å². The molecule has 0 radical (unpaired) electrons. The third-order valence-corrected chi connectivity index (χ3v) is 3.82. The maximum Gasteiger partial charge on any atom is 0.409 e. The highest BCUT2D eigenvalue weighted by Crippen LogP contribution is 2.11. The minimum atomic E-state index is -0.281. The van der Waals surface area contributed by atoms with Gasteiger partial charge < -0.3 is 25.2 Å². The molecule has 0 spiro atoms. The second kappa shape index (κ2) is 12.2. The van der Waals surface area contributed by atoms with E-state index < -0.39 is 0 Å². The van der Waals surface area contributed by atoms with Crippen molar-refractivity contribution in [2.24, 2.45) is 10.9 Å². The Morgan fingerprint density at radius 2 is 1.88 bits per heavy atom. The van der Waals surface area contributed by atoms with E-state index in [9.17, 15) is 9.59 Å². The van der Waals surface area contributed by atoms with Crippen LogP contribution in [0.25, 0.3) is 0 Å². The summed E-state index contributed by atoms with van der Waals surface area (Å²) in [6, 6.07) is 0.221. The van der Waals surface area contributed by atoms with E-state index >= 15 is 0 Å². The van der Waals surface area contributed by atoms with Crippen molar-refractivity contribution in [3.8, 4) is 0 Å². The Morgan fingerprint density at radius 3 is 2.36 bits per heavy atom. The van der Waals surface area contributed by atoms with Crippen LogP contribution >= 0.6 is 24.0 Å². The van der Waals surface area contributed by atoms with E-state index in [1.165, 1.54) is 12.0 Å². The van der Waals surface area contributed by atoms with Gasteiger partial charge in [-0.15, -0.1) is 24.0 Å². The maximum absolute atomic E-state index is 11.7. The molecule has 0 unspecified atom stereocenters. The second-order valence-corrected chi connectivity index (χ2v) is 6.60. The number of carbonyl (C=O) groups is 2. The SMILES string of the molecule is COC(=O)N1CCC(NC(=NCC(=O)N(C)C)NCC(C)C)CC1.I. The van der Waals surface area contributed by atoms with Gasteiger partial charge in [-0.1, -0.05) is 13.8 Å². The summed E-state index contributed by atoms with van der Waals surface area (Å²) in [7, 11) is 4.83. The van der Waals surface area contributed by atoms with Gasteiger partial charge in [-0.2, -0.15) is 0 Å². The van der Waals surface area contributed by atoms with Crippen molar-refractivity contribution in [2.45, 2.75) is 32.7 Å². The van der Waals surface area contributed by atoms with Gasteiger partial charge in [-0.3, -0.25) is 4.79 Å². The number of guanidine groups is 1. The lowest BCUT2D eigenvalue weighted by atomic mass is 10.1. The van der Waals surface area contributed by atoms with Crippen LogP contribution in [0, 0.1) is 5.92 Å². The summed E-state index contributed by atoms with van der Waals surface area (Å²) in [5, 5.41) is 6.64. The zero-order valence-electron chi connectivity index (χ0n) is 15.9. The fourth-order valence-electron chi connectivity index (χ4n) is 2.27. The van der Waals surface area contributed by atoms with Gasteiger partial charge in [0.1, 0.15) is 6.54 Å². The maximum atomic E-state index is 11.7. The van der Waals surface area contributed by atoms with Crippen LogP contribution in [-0.2, 0) is 9.53 Å². The van der Waals surface area contributed by atoms with Gasteiger partial charge in [0.05, 0.1) is 7.11 Å². The number of likely N-dealkylation sites (tertiary alicyclic amines) is 1. The first-order chi connectivity index (χ1) is 11.3. The number of methoxy groups -OCH3 is 1. The van der Waals surface area contributed by atoms with Crippen molar-refractivity contribution < 1.29 is 14.3 Å². The van der Waals surface area contributed by atoms with Crippen LogP contribution < -0.4 is 10.6 Å². The number of hydrogen-bond donors (Lipinski definition) is 2. The minimum Gasteiger partial charge on any atom is -0.453 e. The Balaban J connectivity index is 0.00000576. The molecule has 1 saturated heterocycles. The predicted molar refractivity (Wildman–Crippen MR) is 109 cm³/mol. The van der Waals surface area contributed by atoms with E-state index in [-0.39, 0.29) is 48.6 Å². The van der Waals surface area contributed by atoms with E-state index in [4.69, 9.17) is 4.74 Å². The van der Waals surface area contributed by atoms with Crippen LogP contribution in [0.3, 0.4) is 0 Å². The fourth-order valence-corrected chi connectivity index (χ4v) is 2.27. The van der Waals surface area contributed by atoms with Crippen LogP contribution in [0.4, 0.5) is 4.79 Å².